The topological polar surface area (TPSA) is 64.6 Å². The van der Waals surface area contributed by atoms with Crippen LogP contribution in [0.2, 0.25) is 0 Å². The van der Waals surface area contributed by atoms with Gasteiger partial charge in [0.2, 0.25) is 0 Å². The average Bonchev–Trinajstić information content (AvgIpc) is 2.51. The number of para-hydroxylation sites is 1. The molecule has 0 bridgehead atoms. The highest BCUT2D eigenvalue weighted by molar-refractivity contribution is 7.98. The summed E-state index contributed by atoms with van der Waals surface area (Å²) in [5.41, 5.74) is 0.401. The Morgan fingerprint density at radius 2 is 2.05 bits per heavy atom. The van der Waals surface area contributed by atoms with Crippen molar-refractivity contribution in [3.05, 3.63) is 29.8 Å². The first-order valence-corrected chi connectivity index (χ1v) is 8.12. The maximum Gasteiger partial charge on any atom is 0.328 e. The van der Waals surface area contributed by atoms with Crippen molar-refractivity contribution < 1.29 is 19.1 Å². The van der Waals surface area contributed by atoms with Crippen molar-refractivity contribution in [2.45, 2.75) is 19.4 Å². The molecule has 0 heterocycles. The van der Waals surface area contributed by atoms with Gasteiger partial charge in [-0.15, -0.1) is 0 Å². The molecule has 116 valence electrons. The van der Waals surface area contributed by atoms with E-state index in [4.69, 9.17) is 9.47 Å². The van der Waals surface area contributed by atoms with Crippen LogP contribution in [0, 0.1) is 0 Å². The zero-order valence-electron chi connectivity index (χ0n) is 12.5. The summed E-state index contributed by atoms with van der Waals surface area (Å²) in [7, 11) is 1.50. The zero-order chi connectivity index (χ0) is 15.7. The summed E-state index contributed by atoms with van der Waals surface area (Å²) in [6.45, 7) is 2.03. The molecule has 0 aliphatic rings. The summed E-state index contributed by atoms with van der Waals surface area (Å²) >= 11 is 1.61. The number of esters is 1. The quantitative estimate of drug-likeness (QED) is 0.745. The van der Waals surface area contributed by atoms with E-state index in [0.717, 1.165) is 5.75 Å². The Balaban J connectivity index is 2.81. The van der Waals surface area contributed by atoms with Gasteiger partial charge in [-0.3, -0.25) is 4.79 Å². The van der Waals surface area contributed by atoms with Crippen LogP contribution in [-0.4, -0.2) is 43.6 Å². The highest BCUT2D eigenvalue weighted by atomic mass is 32.2. The molecule has 6 heteroatoms. The van der Waals surface area contributed by atoms with Crippen LogP contribution in [0.3, 0.4) is 0 Å². The van der Waals surface area contributed by atoms with E-state index < -0.39 is 12.0 Å². The second kappa shape index (κ2) is 9.28. The minimum atomic E-state index is -0.644. The second-order valence-electron chi connectivity index (χ2n) is 4.26. The Hall–Kier alpha value is -1.69. The van der Waals surface area contributed by atoms with Crippen LogP contribution in [0.25, 0.3) is 0 Å². The lowest BCUT2D eigenvalue weighted by molar-refractivity contribution is -0.145. The van der Waals surface area contributed by atoms with Crippen molar-refractivity contribution in [3.63, 3.8) is 0 Å². The lowest BCUT2D eigenvalue weighted by Gasteiger charge is -2.17. The molecule has 1 rings (SSSR count). The molecule has 0 spiro atoms. The van der Waals surface area contributed by atoms with Gasteiger partial charge in [0, 0.05) is 0 Å². The molecule has 0 aromatic heterocycles. The Kier molecular flexibility index (Phi) is 7.68. The smallest absolute Gasteiger partial charge is 0.328 e. The van der Waals surface area contributed by atoms with Gasteiger partial charge in [-0.25, -0.2) is 4.79 Å². The first kappa shape index (κ1) is 17.4. The van der Waals surface area contributed by atoms with Crippen LogP contribution >= 0.6 is 11.8 Å². The summed E-state index contributed by atoms with van der Waals surface area (Å²) in [6, 6.07) is 6.25. The fourth-order valence-electron chi connectivity index (χ4n) is 1.80. The predicted molar refractivity (Wildman–Crippen MR) is 83.9 cm³/mol. The van der Waals surface area contributed by atoms with E-state index in [1.807, 2.05) is 6.26 Å². The fourth-order valence-corrected chi connectivity index (χ4v) is 2.27. The van der Waals surface area contributed by atoms with Crippen molar-refractivity contribution in [1.29, 1.82) is 0 Å². The number of hydrogen-bond donors (Lipinski definition) is 1. The monoisotopic (exact) mass is 311 g/mol. The molecule has 0 fully saturated rings. The van der Waals surface area contributed by atoms with Gasteiger partial charge in [-0.05, 0) is 37.5 Å². The summed E-state index contributed by atoms with van der Waals surface area (Å²) in [5, 5.41) is 2.72. The molecule has 1 aromatic rings. The molecule has 0 aliphatic heterocycles. The van der Waals surface area contributed by atoms with E-state index in [1.165, 1.54) is 7.11 Å². The van der Waals surface area contributed by atoms with Crippen molar-refractivity contribution in [1.82, 2.24) is 5.32 Å². The number of ether oxygens (including phenoxy) is 2. The molecule has 0 saturated carbocycles. The van der Waals surface area contributed by atoms with Gasteiger partial charge >= 0.3 is 5.97 Å². The number of thioether (sulfide) groups is 1. The van der Waals surface area contributed by atoms with E-state index in [9.17, 15) is 9.59 Å². The third-order valence-electron chi connectivity index (χ3n) is 2.84. The molecule has 0 unspecified atom stereocenters. The minimum absolute atomic E-state index is 0.291. The van der Waals surface area contributed by atoms with E-state index in [0.29, 0.717) is 24.3 Å². The molecule has 1 atom stereocenters. The molecule has 0 radical (unpaired) electrons. The normalized spacial score (nSPS) is 11.6. The van der Waals surface area contributed by atoms with Crippen LogP contribution in [0.5, 0.6) is 5.75 Å². The average molecular weight is 311 g/mol. The van der Waals surface area contributed by atoms with Gasteiger partial charge in [-0.1, -0.05) is 12.1 Å². The summed E-state index contributed by atoms with van der Waals surface area (Å²) in [4.78, 5) is 24.2. The molecule has 0 saturated heterocycles. The van der Waals surface area contributed by atoms with Crippen molar-refractivity contribution in [2.75, 3.05) is 25.7 Å². The maximum atomic E-state index is 12.3. The summed E-state index contributed by atoms with van der Waals surface area (Å²) < 4.78 is 10.2. The lowest BCUT2D eigenvalue weighted by Crippen LogP contribution is -2.42. The van der Waals surface area contributed by atoms with Gasteiger partial charge in [0.1, 0.15) is 11.8 Å². The van der Waals surface area contributed by atoms with E-state index in [1.54, 1.807) is 43.0 Å². The Morgan fingerprint density at radius 1 is 1.33 bits per heavy atom. The minimum Gasteiger partial charge on any atom is -0.496 e. The highest BCUT2D eigenvalue weighted by Gasteiger charge is 2.23. The largest absolute Gasteiger partial charge is 0.496 e. The van der Waals surface area contributed by atoms with Gasteiger partial charge < -0.3 is 14.8 Å². The van der Waals surface area contributed by atoms with Crippen molar-refractivity contribution >= 4 is 23.6 Å². The molecular weight excluding hydrogens is 290 g/mol. The summed E-state index contributed by atoms with van der Waals surface area (Å²) in [5.74, 6) is 0.485. The van der Waals surface area contributed by atoms with Gasteiger partial charge in [-0.2, -0.15) is 11.8 Å². The number of carbonyl (C=O) groups excluding carboxylic acids is 2. The van der Waals surface area contributed by atoms with Crippen molar-refractivity contribution in [2.24, 2.45) is 0 Å². The number of rotatable bonds is 8. The van der Waals surface area contributed by atoms with Gasteiger partial charge in [0.05, 0.1) is 19.3 Å². The van der Waals surface area contributed by atoms with Crippen molar-refractivity contribution in [3.8, 4) is 5.75 Å². The van der Waals surface area contributed by atoms with E-state index in [2.05, 4.69) is 5.32 Å². The summed E-state index contributed by atoms with van der Waals surface area (Å²) in [6.07, 6.45) is 2.48. The predicted octanol–water partition coefficient (Wildman–Crippen LogP) is 2.11. The van der Waals surface area contributed by atoms with Gasteiger partial charge in [0.15, 0.2) is 0 Å². The molecule has 1 aromatic carbocycles. The zero-order valence-corrected chi connectivity index (χ0v) is 13.4. The first-order valence-electron chi connectivity index (χ1n) is 6.73. The van der Waals surface area contributed by atoms with Crippen LogP contribution < -0.4 is 10.1 Å². The van der Waals surface area contributed by atoms with Gasteiger partial charge in [0.25, 0.3) is 5.91 Å². The molecule has 0 aliphatic carbocycles. The second-order valence-corrected chi connectivity index (χ2v) is 5.25. The maximum absolute atomic E-state index is 12.3. The molecular formula is C15H21NO4S. The molecule has 5 nitrogen and oxygen atoms in total. The number of methoxy groups -OCH3 is 1. The van der Waals surface area contributed by atoms with Crippen LogP contribution in [0.15, 0.2) is 24.3 Å². The van der Waals surface area contributed by atoms with Crippen LogP contribution in [0.1, 0.15) is 23.7 Å². The first-order chi connectivity index (χ1) is 10.1. The number of carbonyl (C=O) groups is 2. The third kappa shape index (κ3) is 5.30. The Morgan fingerprint density at radius 3 is 2.67 bits per heavy atom. The molecule has 1 amide bonds. The fraction of sp³-hybridized carbons (Fsp3) is 0.467. The van der Waals surface area contributed by atoms with Crippen LogP contribution in [-0.2, 0) is 9.53 Å². The van der Waals surface area contributed by atoms with E-state index >= 15 is 0 Å². The van der Waals surface area contributed by atoms with Crippen LogP contribution in [0.4, 0.5) is 0 Å². The SMILES string of the molecule is CCOC(=O)[C@H](CCSC)NC(=O)c1ccccc1OC. The number of amides is 1. The lowest BCUT2D eigenvalue weighted by atomic mass is 10.1. The Labute approximate surface area is 129 Å². The number of hydrogen-bond acceptors (Lipinski definition) is 5. The van der Waals surface area contributed by atoms with E-state index in [-0.39, 0.29) is 5.91 Å². The Bertz CT molecular complexity index is 478. The molecule has 1 N–H and O–H groups in total. The standard InChI is InChI=1S/C15H21NO4S/c1-4-20-15(18)12(9-10-21-3)16-14(17)11-7-5-6-8-13(11)19-2/h5-8,12H,4,9-10H2,1-3H3,(H,16,17)/t12-/m0/s1. The third-order valence-corrected chi connectivity index (χ3v) is 3.48. The number of benzene rings is 1. The highest BCUT2D eigenvalue weighted by Crippen LogP contribution is 2.17. The molecule has 21 heavy (non-hydrogen) atoms. The number of nitrogens with one attached hydrogen (secondary N) is 1.